The zero-order valence-electron chi connectivity index (χ0n) is 9.00. The number of carbonyl (C=O) groups excluding carboxylic acids is 2. The predicted octanol–water partition coefficient (Wildman–Crippen LogP) is 1.21. The number of aliphatic carboxylic acids is 1. The van der Waals surface area contributed by atoms with Crippen molar-refractivity contribution in [3.63, 3.8) is 0 Å². The maximum Gasteiger partial charge on any atom is 0.327 e. The number of rotatable bonds is 5. The molecule has 1 aromatic rings. The first-order chi connectivity index (χ1) is 8.00. The summed E-state index contributed by atoms with van der Waals surface area (Å²) in [6.07, 6.45) is 0. The van der Waals surface area contributed by atoms with Gasteiger partial charge in [-0.05, 0) is 11.4 Å². The molecule has 0 aliphatic carbocycles. The zero-order valence-corrected chi connectivity index (χ0v) is 10.6. The van der Waals surface area contributed by atoms with Crippen molar-refractivity contribution in [3.05, 3.63) is 22.4 Å². The number of carboxylic acid groups (broad SMARTS) is 1. The molecular weight excluding hydrogens is 262 g/mol. The first-order valence-electron chi connectivity index (χ1n) is 4.71. The normalized spacial score (nSPS) is 11.8. The smallest absolute Gasteiger partial charge is 0.327 e. The summed E-state index contributed by atoms with van der Waals surface area (Å²) in [5, 5.41) is 12.7. The average Bonchev–Trinajstić information content (AvgIpc) is 2.76. The number of thioether (sulfide) groups is 1. The number of hydrogen-bond donors (Lipinski definition) is 2. The van der Waals surface area contributed by atoms with Crippen LogP contribution in [0.15, 0.2) is 17.5 Å². The van der Waals surface area contributed by atoms with Crippen molar-refractivity contribution in [2.24, 2.45) is 0 Å². The lowest BCUT2D eigenvalue weighted by molar-refractivity contribution is -0.140. The van der Waals surface area contributed by atoms with Crippen LogP contribution in [0.5, 0.6) is 0 Å². The van der Waals surface area contributed by atoms with E-state index in [1.54, 1.807) is 17.5 Å². The molecule has 1 rings (SSSR count). The van der Waals surface area contributed by atoms with Gasteiger partial charge in [-0.2, -0.15) is 0 Å². The number of hydrogen-bond acceptors (Lipinski definition) is 5. The van der Waals surface area contributed by atoms with Gasteiger partial charge in [0.2, 0.25) is 11.0 Å². The Morgan fingerprint density at radius 2 is 2.24 bits per heavy atom. The number of carbonyl (C=O) groups is 3. The van der Waals surface area contributed by atoms with Crippen molar-refractivity contribution in [1.82, 2.24) is 5.32 Å². The van der Waals surface area contributed by atoms with Gasteiger partial charge in [-0.15, -0.1) is 11.3 Å². The van der Waals surface area contributed by atoms with Crippen LogP contribution >= 0.6 is 23.1 Å². The SMILES string of the molecule is CC(=O)N[C@@H](CSC(=O)c1cccs1)C(=O)O. The van der Waals surface area contributed by atoms with Gasteiger partial charge in [-0.1, -0.05) is 17.8 Å². The fourth-order valence-electron chi connectivity index (χ4n) is 1.04. The van der Waals surface area contributed by atoms with E-state index in [0.717, 1.165) is 11.8 Å². The highest BCUT2D eigenvalue weighted by molar-refractivity contribution is 8.14. The van der Waals surface area contributed by atoms with Crippen LogP contribution in [0.1, 0.15) is 16.6 Å². The summed E-state index contributed by atoms with van der Waals surface area (Å²) in [5.74, 6) is -1.56. The molecule has 1 heterocycles. The third-order valence-electron chi connectivity index (χ3n) is 1.78. The van der Waals surface area contributed by atoms with Gasteiger partial charge in [0.05, 0.1) is 4.88 Å². The highest BCUT2D eigenvalue weighted by atomic mass is 32.2. The van der Waals surface area contributed by atoms with Crippen molar-refractivity contribution in [2.45, 2.75) is 13.0 Å². The van der Waals surface area contributed by atoms with Crippen molar-refractivity contribution >= 4 is 40.1 Å². The van der Waals surface area contributed by atoms with Crippen LogP contribution in [0.3, 0.4) is 0 Å². The lowest BCUT2D eigenvalue weighted by Gasteiger charge is -2.11. The third kappa shape index (κ3) is 4.58. The van der Waals surface area contributed by atoms with Crippen LogP contribution in [-0.4, -0.2) is 33.9 Å². The van der Waals surface area contributed by atoms with E-state index in [-0.39, 0.29) is 10.9 Å². The van der Waals surface area contributed by atoms with E-state index in [2.05, 4.69) is 5.32 Å². The lowest BCUT2D eigenvalue weighted by Crippen LogP contribution is -2.41. The molecule has 0 aliphatic rings. The van der Waals surface area contributed by atoms with Gasteiger partial charge in [0.25, 0.3) is 0 Å². The Bertz CT molecular complexity index is 416. The predicted molar refractivity (Wildman–Crippen MR) is 66.3 cm³/mol. The topological polar surface area (TPSA) is 83.5 Å². The third-order valence-corrected chi connectivity index (χ3v) is 3.76. The summed E-state index contributed by atoms with van der Waals surface area (Å²) in [6, 6.07) is 2.39. The van der Waals surface area contributed by atoms with E-state index < -0.39 is 17.9 Å². The summed E-state index contributed by atoms with van der Waals surface area (Å²) >= 11 is 2.19. The van der Waals surface area contributed by atoms with Crippen LogP contribution in [0.4, 0.5) is 0 Å². The first-order valence-corrected chi connectivity index (χ1v) is 6.57. The van der Waals surface area contributed by atoms with Crippen LogP contribution in [0.25, 0.3) is 0 Å². The summed E-state index contributed by atoms with van der Waals surface area (Å²) in [4.78, 5) is 33.7. The largest absolute Gasteiger partial charge is 0.480 e. The number of thiophene rings is 1. The molecule has 1 atom stereocenters. The van der Waals surface area contributed by atoms with Crippen molar-refractivity contribution in [3.8, 4) is 0 Å². The highest BCUT2D eigenvalue weighted by Gasteiger charge is 2.20. The molecule has 0 unspecified atom stereocenters. The number of amides is 1. The molecule has 0 saturated heterocycles. The van der Waals surface area contributed by atoms with Gasteiger partial charge in [0.15, 0.2) is 0 Å². The maximum absolute atomic E-state index is 11.6. The van der Waals surface area contributed by atoms with E-state index in [4.69, 9.17) is 5.11 Å². The molecule has 0 spiro atoms. The highest BCUT2D eigenvalue weighted by Crippen LogP contribution is 2.17. The molecular formula is C10H11NO4S2. The molecule has 17 heavy (non-hydrogen) atoms. The molecule has 92 valence electrons. The molecule has 2 N–H and O–H groups in total. The van der Waals surface area contributed by atoms with Crippen LogP contribution in [0.2, 0.25) is 0 Å². The number of carboxylic acids is 1. The van der Waals surface area contributed by atoms with Gasteiger partial charge in [0, 0.05) is 12.7 Å². The minimum Gasteiger partial charge on any atom is -0.480 e. The molecule has 1 amide bonds. The average molecular weight is 273 g/mol. The number of nitrogens with one attached hydrogen (secondary N) is 1. The zero-order chi connectivity index (χ0) is 12.8. The van der Waals surface area contributed by atoms with E-state index in [9.17, 15) is 14.4 Å². The molecule has 7 heteroatoms. The standard InChI is InChI=1S/C10H11NO4S2/c1-6(12)11-7(9(13)14)5-17-10(15)8-3-2-4-16-8/h2-4,7H,5H2,1H3,(H,11,12)(H,13,14)/t7-/m0/s1. The molecule has 0 radical (unpaired) electrons. The van der Waals surface area contributed by atoms with Crippen molar-refractivity contribution < 1.29 is 19.5 Å². The summed E-state index contributed by atoms with van der Waals surface area (Å²) < 4.78 is 0. The fourth-order valence-corrected chi connectivity index (χ4v) is 2.68. The summed E-state index contributed by atoms with van der Waals surface area (Å²) in [6.45, 7) is 1.24. The van der Waals surface area contributed by atoms with Gasteiger partial charge in [0.1, 0.15) is 6.04 Å². The van der Waals surface area contributed by atoms with E-state index in [1.165, 1.54) is 18.3 Å². The summed E-state index contributed by atoms with van der Waals surface area (Å²) in [5.41, 5.74) is 0. The molecule has 1 aromatic heterocycles. The van der Waals surface area contributed by atoms with E-state index in [1.807, 2.05) is 0 Å². The second kappa shape index (κ2) is 6.41. The molecule has 0 fully saturated rings. The Hall–Kier alpha value is -1.34. The molecule has 5 nitrogen and oxygen atoms in total. The van der Waals surface area contributed by atoms with Gasteiger partial charge in [-0.3, -0.25) is 9.59 Å². The Morgan fingerprint density at radius 1 is 1.53 bits per heavy atom. The van der Waals surface area contributed by atoms with Crippen LogP contribution in [0, 0.1) is 0 Å². The van der Waals surface area contributed by atoms with Gasteiger partial charge in [-0.25, -0.2) is 4.79 Å². The maximum atomic E-state index is 11.6. The molecule has 0 aromatic carbocycles. The van der Waals surface area contributed by atoms with Gasteiger partial charge < -0.3 is 10.4 Å². The second-order valence-corrected chi connectivity index (χ2v) is 5.11. The summed E-state index contributed by atoms with van der Waals surface area (Å²) in [7, 11) is 0. The molecule has 0 saturated carbocycles. The Balaban J connectivity index is 2.49. The van der Waals surface area contributed by atoms with Crippen molar-refractivity contribution in [1.29, 1.82) is 0 Å². The molecule has 0 bridgehead atoms. The van der Waals surface area contributed by atoms with Gasteiger partial charge >= 0.3 is 5.97 Å². The lowest BCUT2D eigenvalue weighted by atomic mass is 10.3. The Labute approximate surface area is 106 Å². The Kier molecular flexibility index (Phi) is 5.17. The molecule has 0 aliphatic heterocycles. The minimum atomic E-state index is -1.15. The monoisotopic (exact) mass is 273 g/mol. The van der Waals surface area contributed by atoms with Crippen LogP contribution < -0.4 is 5.32 Å². The Morgan fingerprint density at radius 3 is 2.71 bits per heavy atom. The second-order valence-electron chi connectivity index (χ2n) is 3.17. The van der Waals surface area contributed by atoms with Crippen molar-refractivity contribution in [2.75, 3.05) is 5.75 Å². The first kappa shape index (κ1) is 13.7. The quantitative estimate of drug-likeness (QED) is 0.842. The fraction of sp³-hybridized carbons (Fsp3) is 0.300. The van der Waals surface area contributed by atoms with E-state index >= 15 is 0 Å². The minimum absolute atomic E-state index is 0.0195. The van der Waals surface area contributed by atoms with Crippen LogP contribution in [-0.2, 0) is 9.59 Å². The van der Waals surface area contributed by atoms with E-state index in [0.29, 0.717) is 4.88 Å².